The zero-order chi connectivity index (χ0) is 19.4. The molecule has 1 aliphatic carbocycles. The maximum atomic E-state index is 3.72. The van der Waals surface area contributed by atoms with Crippen LogP contribution in [-0.2, 0) is 28.1 Å². The van der Waals surface area contributed by atoms with Crippen molar-refractivity contribution < 1.29 is 58.9 Å². The van der Waals surface area contributed by atoms with Gasteiger partial charge in [-0.2, -0.15) is 11.3 Å². The molecule has 0 nitrogen and oxygen atoms in total. The van der Waals surface area contributed by atoms with Gasteiger partial charge in [-0.3, -0.25) is 6.08 Å². The van der Waals surface area contributed by atoms with Crippen molar-refractivity contribution in [1.82, 2.24) is 0 Å². The summed E-state index contributed by atoms with van der Waals surface area (Å²) >= 11 is 0. The number of rotatable bonds is 7. The van der Waals surface area contributed by atoms with Crippen LogP contribution in [0.4, 0.5) is 0 Å². The minimum atomic E-state index is -1.78. The smallest absolute Gasteiger partial charge is 1.00 e. The fourth-order valence-corrected chi connectivity index (χ4v) is 10.1. The van der Waals surface area contributed by atoms with Gasteiger partial charge in [0, 0.05) is 8.07 Å². The Labute approximate surface area is 224 Å². The summed E-state index contributed by atoms with van der Waals surface area (Å²) in [4.78, 5) is 0. The minimum absolute atomic E-state index is 0. The van der Waals surface area contributed by atoms with E-state index in [1.54, 1.807) is 10.4 Å². The third-order valence-electron chi connectivity index (χ3n) is 6.02. The Morgan fingerprint density at radius 3 is 2.06 bits per heavy atom. The fourth-order valence-electron chi connectivity index (χ4n) is 4.99. The van der Waals surface area contributed by atoms with E-state index in [-0.39, 0.29) is 58.9 Å². The molecular weight excluding hydrogens is 495 g/mol. The molecule has 3 rings (SSSR count). The van der Waals surface area contributed by atoms with Gasteiger partial charge in [0.05, 0.1) is 0 Å². The van der Waals surface area contributed by atoms with Gasteiger partial charge >= 0.3 is 21.7 Å². The first-order chi connectivity index (χ1) is 13.0. The van der Waals surface area contributed by atoms with Crippen LogP contribution in [0.2, 0.25) is 12.6 Å². The van der Waals surface area contributed by atoms with Crippen molar-refractivity contribution in [2.75, 3.05) is 0 Å². The van der Waals surface area contributed by atoms with Gasteiger partial charge in [0.2, 0.25) is 0 Å². The molecule has 5 heteroatoms. The van der Waals surface area contributed by atoms with Crippen molar-refractivity contribution >= 4 is 13.3 Å². The summed E-state index contributed by atoms with van der Waals surface area (Å²) in [5.41, 5.74) is 7.23. The molecule has 0 saturated heterocycles. The van der Waals surface area contributed by atoms with Crippen LogP contribution in [0.5, 0.6) is 0 Å². The molecule has 0 saturated carbocycles. The molecule has 2 aromatic rings. The first-order valence-electron chi connectivity index (χ1n) is 10.4. The first kappa shape index (κ1) is 32.9. The molecule has 0 heterocycles. The standard InChI is InChI=1S/C26H33Si.3ClH.Ti/c1-6-7-16-27(5,26-21(3)17-20(2)18-22(26)4)25-15-11-14-24(25)19-23-12-9-8-10-13-23;;;;/h8-10,12-13,15,17-18H,6-7,11,16,19H2,1-5H3;3*1H;/q-1;;;;+4/p-3. The van der Waals surface area contributed by atoms with Crippen LogP contribution >= 0.6 is 0 Å². The summed E-state index contributed by atoms with van der Waals surface area (Å²) in [6, 6.07) is 17.0. The summed E-state index contributed by atoms with van der Waals surface area (Å²) in [5.74, 6) is 0. The monoisotopic (exact) mass is 526 g/mol. The molecule has 0 fully saturated rings. The van der Waals surface area contributed by atoms with E-state index in [9.17, 15) is 0 Å². The zero-order valence-electron chi connectivity index (χ0n) is 19.3. The first-order valence-corrected chi connectivity index (χ1v) is 13.1. The molecule has 166 valence electrons. The van der Waals surface area contributed by atoms with Gasteiger partial charge in [0.25, 0.3) is 0 Å². The van der Waals surface area contributed by atoms with Crippen LogP contribution in [0, 0.1) is 26.8 Å². The number of unbranched alkanes of at least 4 members (excludes halogenated alkanes) is 1. The van der Waals surface area contributed by atoms with E-state index < -0.39 is 8.07 Å². The quantitative estimate of drug-likeness (QED) is 0.277. The summed E-state index contributed by atoms with van der Waals surface area (Å²) < 4.78 is 0. The molecule has 0 aliphatic heterocycles. The van der Waals surface area contributed by atoms with Crippen molar-refractivity contribution in [2.45, 2.75) is 66.0 Å². The largest absolute Gasteiger partial charge is 4.00 e. The summed E-state index contributed by atoms with van der Waals surface area (Å²) in [6.45, 7) is 11.8. The molecule has 0 radical (unpaired) electrons. The SMILES string of the molecule is CCCC[Si](C)(C1=CC[C-]=C1Cc1ccccc1)c1c(C)cc(C)cc1C.[Cl-].[Cl-].[Cl-].[Ti+4]. The zero-order valence-corrected chi connectivity index (χ0v) is 24.1. The summed E-state index contributed by atoms with van der Waals surface area (Å²) in [5, 5.41) is 3.32. The van der Waals surface area contributed by atoms with Crippen LogP contribution in [0.25, 0.3) is 0 Å². The van der Waals surface area contributed by atoms with Crippen molar-refractivity contribution in [1.29, 1.82) is 0 Å². The van der Waals surface area contributed by atoms with Gasteiger partial charge in [-0.1, -0.05) is 96.7 Å². The second kappa shape index (κ2) is 14.8. The third kappa shape index (κ3) is 7.63. The Hall–Kier alpha value is -0.279. The Kier molecular flexibility index (Phi) is 15.7. The Morgan fingerprint density at radius 2 is 1.52 bits per heavy atom. The average Bonchev–Trinajstić information content (AvgIpc) is 3.09. The van der Waals surface area contributed by atoms with Crippen molar-refractivity contribution in [3.8, 4) is 0 Å². The van der Waals surface area contributed by atoms with E-state index in [4.69, 9.17) is 0 Å². The number of hydrogen-bond acceptors (Lipinski definition) is 0. The molecular formula is C26H33Cl3SiTi. The van der Waals surface area contributed by atoms with Gasteiger partial charge < -0.3 is 37.2 Å². The Morgan fingerprint density at radius 1 is 0.935 bits per heavy atom. The predicted octanol–water partition coefficient (Wildman–Crippen LogP) is -2.45. The van der Waals surface area contributed by atoms with Gasteiger partial charge in [-0.05, 0) is 32.8 Å². The minimum Gasteiger partial charge on any atom is -1.00 e. The van der Waals surface area contributed by atoms with E-state index in [0.717, 1.165) is 12.8 Å². The summed E-state index contributed by atoms with van der Waals surface area (Å²) in [6.07, 6.45) is 10.8. The van der Waals surface area contributed by atoms with Gasteiger partial charge in [0.15, 0.2) is 0 Å². The summed E-state index contributed by atoms with van der Waals surface area (Å²) in [7, 11) is -1.78. The molecule has 0 spiro atoms. The van der Waals surface area contributed by atoms with Crippen LogP contribution in [-0.4, -0.2) is 8.07 Å². The molecule has 31 heavy (non-hydrogen) atoms. The van der Waals surface area contributed by atoms with E-state index >= 15 is 0 Å². The third-order valence-corrected chi connectivity index (χ3v) is 11.0. The Balaban J connectivity index is 0. The second-order valence-corrected chi connectivity index (χ2v) is 12.6. The van der Waals surface area contributed by atoms with Crippen molar-refractivity contribution in [3.63, 3.8) is 0 Å². The van der Waals surface area contributed by atoms with E-state index in [1.807, 2.05) is 0 Å². The molecule has 0 N–H and O–H groups in total. The van der Waals surface area contributed by atoms with Crippen LogP contribution in [0.1, 0.15) is 48.4 Å². The van der Waals surface area contributed by atoms with Gasteiger partial charge in [-0.25, -0.2) is 5.57 Å². The van der Waals surface area contributed by atoms with E-state index in [2.05, 4.69) is 88.9 Å². The fraction of sp³-hybridized carbons (Fsp3) is 0.385. The van der Waals surface area contributed by atoms with Crippen LogP contribution < -0.4 is 42.4 Å². The van der Waals surface area contributed by atoms with Gasteiger partial charge in [0.1, 0.15) is 0 Å². The predicted molar refractivity (Wildman–Crippen MR) is 121 cm³/mol. The molecule has 0 bridgehead atoms. The molecule has 0 aromatic heterocycles. The Bertz CT molecular complexity index is 854. The molecule has 1 aliphatic rings. The number of allylic oxidation sites excluding steroid dienone is 4. The maximum absolute atomic E-state index is 3.72. The molecule has 0 amide bonds. The normalized spacial score (nSPS) is 14.0. The number of halogens is 3. The maximum Gasteiger partial charge on any atom is 4.00 e. The number of benzene rings is 2. The van der Waals surface area contributed by atoms with Gasteiger partial charge in [-0.15, -0.1) is 6.42 Å². The van der Waals surface area contributed by atoms with E-state index in [0.29, 0.717) is 0 Å². The average molecular weight is 528 g/mol. The van der Waals surface area contributed by atoms with Crippen LogP contribution in [0.15, 0.2) is 59.3 Å². The molecule has 1 atom stereocenters. The van der Waals surface area contributed by atoms with Crippen molar-refractivity contribution in [2.24, 2.45) is 0 Å². The molecule has 1 unspecified atom stereocenters. The number of aryl methyl sites for hydroxylation is 3. The topological polar surface area (TPSA) is 0 Å². The van der Waals surface area contributed by atoms with E-state index in [1.165, 1.54) is 46.7 Å². The number of hydrogen-bond donors (Lipinski definition) is 0. The van der Waals surface area contributed by atoms with Crippen molar-refractivity contribution in [3.05, 3.63) is 87.6 Å². The second-order valence-electron chi connectivity index (χ2n) is 8.35. The molecule has 2 aromatic carbocycles. The van der Waals surface area contributed by atoms with Crippen LogP contribution in [0.3, 0.4) is 0 Å².